The quantitative estimate of drug-likeness (QED) is 0.0549. The van der Waals surface area contributed by atoms with Crippen molar-refractivity contribution in [3.63, 3.8) is 0 Å². The van der Waals surface area contributed by atoms with E-state index in [1.165, 1.54) is 38.9 Å². The number of benzene rings is 2. The lowest BCUT2D eigenvalue weighted by Crippen LogP contribution is -2.23. The number of carboxylic acid groups (broad SMARTS) is 4. The van der Waals surface area contributed by atoms with Crippen LogP contribution in [0.5, 0.6) is 0 Å². The predicted octanol–water partition coefficient (Wildman–Crippen LogP) is 12.8. The number of rotatable bonds is 31. The largest absolute Gasteiger partial charge is 0.481 e. The van der Waals surface area contributed by atoms with E-state index in [0.29, 0.717) is 25.7 Å². The average Bonchev–Trinajstić information content (AvgIpc) is 4.11. The summed E-state index contributed by atoms with van der Waals surface area (Å²) in [5.41, 5.74) is 6.49. The van der Waals surface area contributed by atoms with Crippen molar-refractivity contribution in [1.29, 1.82) is 0 Å². The fourth-order valence-corrected chi connectivity index (χ4v) is 9.61. The SMILES string of the molecule is Cc1ccc(CCCCCC2(C(=O)O)CC2c2cc(C)cc(CCCCCC3(C(=O)O)CC3)c2CCCCCCC(C)(C)C(=O)O)c(CCCCCCC(C)(C)C(=O)O)c1. The molecule has 334 valence electrons. The second kappa shape index (κ2) is 21.9. The highest BCUT2D eigenvalue weighted by atomic mass is 16.4. The second-order valence-electron chi connectivity index (χ2n) is 20.4. The molecule has 60 heavy (non-hydrogen) atoms. The summed E-state index contributed by atoms with van der Waals surface area (Å²) in [6.07, 6.45) is 22.6. The summed E-state index contributed by atoms with van der Waals surface area (Å²) < 4.78 is 0. The Morgan fingerprint density at radius 1 is 0.550 bits per heavy atom. The number of aryl methyl sites for hydroxylation is 5. The Hall–Kier alpha value is -3.68. The van der Waals surface area contributed by atoms with E-state index in [2.05, 4.69) is 44.2 Å². The third-order valence-electron chi connectivity index (χ3n) is 14.4. The summed E-state index contributed by atoms with van der Waals surface area (Å²) in [7, 11) is 0. The minimum Gasteiger partial charge on any atom is -0.481 e. The number of carbonyl (C=O) groups is 4. The Morgan fingerprint density at radius 3 is 1.57 bits per heavy atom. The van der Waals surface area contributed by atoms with Crippen LogP contribution in [0, 0.1) is 35.5 Å². The lowest BCUT2D eigenvalue weighted by atomic mass is 9.84. The van der Waals surface area contributed by atoms with E-state index in [1.807, 2.05) is 0 Å². The van der Waals surface area contributed by atoms with Crippen LogP contribution < -0.4 is 0 Å². The molecule has 2 saturated carbocycles. The van der Waals surface area contributed by atoms with Crippen LogP contribution in [0.25, 0.3) is 0 Å². The molecule has 0 amide bonds. The predicted molar refractivity (Wildman–Crippen MR) is 240 cm³/mol. The fourth-order valence-electron chi connectivity index (χ4n) is 9.61. The van der Waals surface area contributed by atoms with Crippen molar-refractivity contribution in [2.45, 2.75) is 208 Å². The topological polar surface area (TPSA) is 149 Å². The van der Waals surface area contributed by atoms with E-state index in [9.17, 15) is 39.6 Å². The molecule has 0 bridgehead atoms. The van der Waals surface area contributed by atoms with Gasteiger partial charge in [-0.2, -0.15) is 0 Å². The number of hydrogen-bond acceptors (Lipinski definition) is 4. The van der Waals surface area contributed by atoms with Gasteiger partial charge in [-0.1, -0.05) is 106 Å². The van der Waals surface area contributed by atoms with Crippen LogP contribution in [0.4, 0.5) is 0 Å². The Bertz CT molecular complexity index is 1770. The lowest BCUT2D eigenvalue weighted by molar-refractivity contribution is -0.148. The van der Waals surface area contributed by atoms with Crippen LogP contribution >= 0.6 is 0 Å². The molecule has 0 aliphatic heterocycles. The number of carboxylic acids is 4. The minimum atomic E-state index is -0.756. The maximum atomic E-state index is 13.1. The molecule has 2 unspecified atom stereocenters. The minimum absolute atomic E-state index is 0.00390. The monoisotopic (exact) mass is 831 g/mol. The summed E-state index contributed by atoms with van der Waals surface area (Å²) in [5, 5.41) is 39.3. The molecule has 2 fully saturated rings. The van der Waals surface area contributed by atoms with Crippen molar-refractivity contribution in [2.75, 3.05) is 0 Å². The molecule has 0 spiro atoms. The van der Waals surface area contributed by atoms with E-state index in [0.717, 1.165) is 135 Å². The van der Waals surface area contributed by atoms with Crippen LogP contribution in [0.1, 0.15) is 207 Å². The molecule has 2 aromatic rings. The number of aliphatic carboxylic acids is 4. The maximum absolute atomic E-state index is 13.1. The van der Waals surface area contributed by atoms with Crippen molar-refractivity contribution in [2.24, 2.45) is 21.7 Å². The highest BCUT2D eigenvalue weighted by Crippen LogP contribution is 2.63. The van der Waals surface area contributed by atoms with Crippen molar-refractivity contribution in [3.05, 3.63) is 69.3 Å². The second-order valence-corrected chi connectivity index (χ2v) is 20.4. The molecule has 2 aliphatic carbocycles. The average molecular weight is 831 g/mol. The molecule has 2 aliphatic rings. The Balaban J connectivity index is 1.34. The van der Waals surface area contributed by atoms with E-state index in [1.54, 1.807) is 27.7 Å². The molecule has 8 nitrogen and oxygen atoms in total. The van der Waals surface area contributed by atoms with Gasteiger partial charge in [-0.25, -0.2) is 0 Å². The van der Waals surface area contributed by atoms with Gasteiger partial charge in [0.2, 0.25) is 0 Å². The molecular weight excluding hydrogens is 753 g/mol. The highest BCUT2D eigenvalue weighted by molar-refractivity contribution is 5.81. The van der Waals surface area contributed by atoms with Gasteiger partial charge in [-0.15, -0.1) is 0 Å². The van der Waals surface area contributed by atoms with Gasteiger partial charge in [0.1, 0.15) is 0 Å². The van der Waals surface area contributed by atoms with Gasteiger partial charge in [0.05, 0.1) is 21.7 Å². The van der Waals surface area contributed by atoms with Gasteiger partial charge in [0.25, 0.3) is 0 Å². The van der Waals surface area contributed by atoms with E-state index < -0.39 is 45.5 Å². The number of hydrogen-bond donors (Lipinski definition) is 4. The summed E-state index contributed by atoms with van der Waals surface area (Å²) in [4.78, 5) is 47.8. The molecule has 0 saturated heterocycles. The van der Waals surface area contributed by atoms with Crippen LogP contribution in [0.3, 0.4) is 0 Å². The molecule has 8 heteroatoms. The van der Waals surface area contributed by atoms with Gasteiger partial charge in [0, 0.05) is 5.92 Å². The summed E-state index contributed by atoms with van der Waals surface area (Å²) in [5.74, 6) is -2.81. The Morgan fingerprint density at radius 2 is 1.03 bits per heavy atom. The first-order valence-corrected chi connectivity index (χ1v) is 23.5. The van der Waals surface area contributed by atoms with Crippen LogP contribution in [-0.4, -0.2) is 44.3 Å². The van der Waals surface area contributed by atoms with Crippen molar-refractivity contribution < 1.29 is 39.6 Å². The zero-order chi connectivity index (χ0) is 44.1. The smallest absolute Gasteiger partial charge is 0.310 e. The van der Waals surface area contributed by atoms with Crippen molar-refractivity contribution in [1.82, 2.24) is 0 Å². The first-order chi connectivity index (χ1) is 28.3. The van der Waals surface area contributed by atoms with Gasteiger partial charge >= 0.3 is 23.9 Å². The summed E-state index contributed by atoms with van der Waals surface area (Å²) in [6.45, 7) is 11.4. The maximum Gasteiger partial charge on any atom is 0.310 e. The van der Waals surface area contributed by atoms with E-state index in [-0.39, 0.29) is 5.92 Å². The van der Waals surface area contributed by atoms with Gasteiger partial charge < -0.3 is 20.4 Å². The molecule has 0 aromatic heterocycles. The first-order valence-electron chi connectivity index (χ1n) is 23.5. The highest BCUT2D eigenvalue weighted by Gasteiger charge is 2.60. The van der Waals surface area contributed by atoms with Crippen LogP contribution in [0.15, 0.2) is 30.3 Å². The first kappa shape index (κ1) is 49.0. The normalized spacial score (nSPS) is 18.3. The Labute approximate surface area is 361 Å². The van der Waals surface area contributed by atoms with Gasteiger partial charge in [0.15, 0.2) is 0 Å². The molecule has 4 rings (SSSR count). The van der Waals surface area contributed by atoms with Gasteiger partial charge in [-0.05, 0) is 166 Å². The summed E-state index contributed by atoms with van der Waals surface area (Å²) >= 11 is 0. The zero-order valence-corrected chi connectivity index (χ0v) is 38.1. The fraction of sp³-hybridized carbons (Fsp3) is 0.692. The zero-order valence-electron chi connectivity index (χ0n) is 38.1. The van der Waals surface area contributed by atoms with Crippen LogP contribution in [0.2, 0.25) is 0 Å². The molecule has 2 aromatic carbocycles. The molecular formula is C52H78O8. The van der Waals surface area contributed by atoms with Crippen LogP contribution in [-0.2, 0) is 44.9 Å². The van der Waals surface area contributed by atoms with E-state index in [4.69, 9.17) is 0 Å². The van der Waals surface area contributed by atoms with Crippen molar-refractivity contribution in [3.8, 4) is 0 Å². The number of unbranched alkanes of at least 4 members (excludes halogenated alkanes) is 10. The third-order valence-corrected chi connectivity index (χ3v) is 14.4. The standard InChI is InChI=1S/C52H78O8/c1-37-25-26-39(40(33-37)22-13-7-9-17-27-49(3,4)45(53)54)21-14-12-20-30-52(48(59)60)36-44(52)43-35-38(2)34-41(23-15-11-19-29-51(31-32-51)47(57)58)42(43)24-16-8-10-18-28-50(5,6)46(55)56/h25-26,33-35,44H,7-24,27-32,36H2,1-6H3,(H,53,54)(H,55,56)(H,57,58)(H,59,60). The molecule has 2 atom stereocenters. The lowest BCUT2D eigenvalue weighted by Gasteiger charge is -2.20. The molecule has 4 N–H and O–H groups in total. The van der Waals surface area contributed by atoms with Gasteiger partial charge in [-0.3, -0.25) is 19.2 Å². The molecule has 0 heterocycles. The summed E-state index contributed by atoms with van der Waals surface area (Å²) in [6, 6.07) is 11.3. The molecule has 0 radical (unpaired) electrons. The third kappa shape index (κ3) is 13.9. The van der Waals surface area contributed by atoms with Crippen molar-refractivity contribution >= 4 is 23.9 Å². The Kier molecular flexibility index (Phi) is 17.9. The van der Waals surface area contributed by atoms with E-state index >= 15 is 0 Å².